The molecule has 3 aliphatic rings. The van der Waals surface area contributed by atoms with Crippen LogP contribution in [0.1, 0.15) is 48.9 Å². The number of ether oxygens (including phenoxy) is 2. The number of methoxy groups -OCH3 is 1. The Morgan fingerprint density at radius 3 is 2.86 bits per heavy atom. The molecule has 0 bridgehead atoms. The van der Waals surface area contributed by atoms with Crippen LogP contribution in [-0.2, 0) is 18.3 Å². The highest BCUT2D eigenvalue weighted by Gasteiger charge is 2.37. The summed E-state index contributed by atoms with van der Waals surface area (Å²) in [4.78, 5) is 25.6. The van der Waals surface area contributed by atoms with Gasteiger partial charge in [-0.1, -0.05) is 12.8 Å². The summed E-state index contributed by atoms with van der Waals surface area (Å²) in [7, 11) is 3.69. The summed E-state index contributed by atoms with van der Waals surface area (Å²) in [5, 5.41) is 1.11. The first kappa shape index (κ1) is 22.8. The van der Waals surface area contributed by atoms with Crippen LogP contribution >= 0.6 is 0 Å². The maximum Gasteiger partial charge on any atom is 0.254 e. The van der Waals surface area contributed by atoms with E-state index in [9.17, 15) is 4.79 Å². The largest absolute Gasteiger partial charge is 0.494 e. The van der Waals surface area contributed by atoms with Crippen LogP contribution in [0.5, 0.6) is 5.75 Å². The number of nitrogens with zero attached hydrogens (tertiary/aromatic N) is 5. The van der Waals surface area contributed by atoms with E-state index in [0.29, 0.717) is 30.4 Å². The Bertz CT molecular complexity index is 1500. The van der Waals surface area contributed by atoms with Crippen molar-refractivity contribution < 1.29 is 14.3 Å². The van der Waals surface area contributed by atoms with E-state index >= 15 is 0 Å². The highest BCUT2D eigenvalue weighted by Crippen LogP contribution is 2.38. The number of hydrogen-bond donors (Lipinski definition) is 0. The van der Waals surface area contributed by atoms with Crippen LogP contribution < -0.4 is 4.74 Å². The van der Waals surface area contributed by atoms with Crippen LogP contribution in [0.3, 0.4) is 0 Å². The molecule has 8 heteroatoms. The first-order valence-electron chi connectivity index (χ1n) is 13.5. The van der Waals surface area contributed by atoms with E-state index in [-0.39, 0.29) is 18.1 Å². The van der Waals surface area contributed by atoms with Crippen molar-refractivity contribution in [2.45, 2.75) is 57.2 Å². The third-order valence-corrected chi connectivity index (χ3v) is 8.42. The molecule has 4 heterocycles. The van der Waals surface area contributed by atoms with Gasteiger partial charge in [0.2, 0.25) is 0 Å². The van der Waals surface area contributed by atoms with Crippen LogP contribution in [0.15, 0.2) is 36.5 Å². The summed E-state index contributed by atoms with van der Waals surface area (Å²) in [6, 6.07) is 10.2. The molecule has 0 spiro atoms. The standard InChI is InChI=1S/C29H33N5O3/c1-32-26-21(31-28(32)23-15-19-6-5-11-30-27(19)34(23)17-18-9-10-18)14-20(16-25(26)36-2)29(35)33-12-13-37-24-8-4-3-7-22(24)33/h5-6,11,14-16,18,22,24H,3-4,7-10,12-13,17H2,1-2H3/t22-,24+/m0/s1. The van der Waals surface area contributed by atoms with Crippen molar-refractivity contribution in [2.24, 2.45) is 13.0 Å². The number of morpholine rings is 1. The van der Waals surface area contributed by atoms with Gasteiger partial charge in [-0.2, -0.15) is 0 Å². The highest BCUT2D eigenvalue weighted by atomic mass is 16.5. The summed E-state index contributed by atoms with van der Waals surface area (Å²) >= 11 is 0. The van der Waals surface area contributed by atoms with Gasteiger partial charge in [0.15, 0.2) is 5.82 Å². The Kier molecular flexibility index (Phi) is 5.46. The summed E-state index contributed by atoms with van der Waals surface area (Å²) in [5.41, 5.74) is 4.33. The zero-order valence-electron chi connectivity index (χ0n) is 21.5. The van der Waals surface area contributed by atoms with Gasteiger partial charge >= 0.3 is 0 Å². The summed E-state index contributed by atoms with van der Waals surface area (Å²) in [6.07, 6.45) is 8.88. The fraction of sp³-hybridized carbons (Fsp3) is 0.483. The van der Waals surface area contributed by atoms with Gasteiger partial charge in [-0.25, -0.2) is 9.97 Å². The first-order valence-corrected chi connectivity index (χ1v) is 13.5. The second kappa shape index (κ2) is 8.87. The Labute approximate surface area is 216 Å². The van der Waals surface area contributed by atoms with E-state index in [1.807, 2.05) is 36.3 Å². The molecular weight excluding hydrogens is 466 g/mol. The summed E-state index contributed by atoms with van der Waals surface area (Å²) in [6.45, 7) is 2.17. The average molecular weight is 500 g/mol. The number of benzene rings is 1. The van der Waals surface area contributed by atoms with Crippen molar-refractivity contribution in [3.8, 4) is 17.3 Å². The van der Waals surface area contributed by atoms with Crippen LogP contribution in [0.2, 0.25) is 0 Å². The number of pyridine rings is 1. The smallest absolute Gasteiger partial charge is 0.254 e. The molecule has 1 aliphatic heterocycles. The molecule has 2 atom stereocenters. The topological polar surface area (TPSA) is 74.4 Å². The third-order valence-electron chi connectivity index (χ3n) is 8.42. The van der Waals surface area contributed by atoms with Gasteiger partial charge < -0.3 is 23.5 Å². The molecule has 4 aromatic rings. The molecule has 0 radical (unpaired) electrons. The van der Waals surface area contributed by atoms with Crippen molar-refractivity contribution in [3.63, 3.8) is 0 Å². The lowest BCUT2D eigenvalue weighted by molar-refractivity contribution is -0.0752. The van der Waals surface area contributed by atoms with Crippen LogP contribution in [0.25, 0.3) is 33.6 Å². The van der Waals surface area contributed by atoms with Gasteiger partial charge in [-0.3, -0.25) is 4.79 Å². The molecule has 8 nitrogen and oxygen atoms in total. The predicted molar refractivity (Wildman–Crippen MR) is 142 cm³/mol. The molecule has 192 valence electrons. The zero-order valence-corrected chi connectivity index (χ0v) is 21.5. The van der Waals surface area contributed by atoms with Gasteiger partial charge in [-0.05, 0) is 61.9 Å². The maximum atomic E-state index is 13.8. The van der Waals surface area contributed by atoms with Crippen molar-refractivity contribution >= 4 is 28.0 Å². The monoisotopic (exact) mass is 499 g/mol. The van der Waals surface area contributed by atoms with Crippen LogP contribution in [0, 0.1) is 5.92 Å². The fourth-order valence-corrected chi connectivity index (χ4v) is 6.35. The molecule has 0 N–H and O–H groups in total. The van der Waals surface area contributed by atoms with Gasteiger partial charge in [0.05, 0.1) is 37.1 Å². The second-order valence-corrected chi connectivity index (χ2v) is 10.8. The average Bonchev–Trinajstić information content (AvgIpc) is 3.60. The Morgan fingerprint density at radius 1 is 1.16 bits per heavy atom. The van der Waals surface area contributed by atoms with E-state index in [4.69, 9.17) is 14.5 Å². The number of carbonyl (C=O) groups excluding carboxylic acids is 1. The van der Waals surface area contributed by atoms with Crippen LogP contribution in [-0.4, -0.2) is 62.3 Å². The number of fused-ring (bicyclic) bond motifs is 3. The minimum absolute atomic E-state index is 0.0413. The summed E-state index contributed by atoms with van der Waals surface area (Å²) < 4.78 is 16.2. The number of amides is 1. The Balaban J connectivity index is 1.32. The second-order valence-electron chi connectivity index (χ2n) is 10.8. The SMILES string of the molecule is COc1cc(C(=O)N2CCO[C@@H]3CCCC[C@@H]32)cc2nc(-c3cc4cccnc4n3CC3CC3)n(C)c12. The van der Waals surface area contributed by atoms with E-state index in [1.165, 1.54) is 19.3 Å². The molecule has 37 heavy (non-hydrogen) atoms. The number of aryl methyl sites for hydroxylation is 1. The van der Waals surface area contributed by atoms with E-state index in [2.05, 4.69) is 26.3 Å². The van der Waals surface area contributed by atoms with Gasteiger partial charge in [0.25, 0.3) is 5.91 Å². The molecule has 3 fully saturated rings. The molecule has 3 aromatic heterocycles. The Hall–Kier alpha value is -3.39. The van der Waals surface area contributed by atoms with E-state index in [0.717, 1.165) is 59.4 Å². The number of imidazole rings is 1. The zero-order chi connectivity index (χ0) is 25.1. The molecule has 1 amide bonds. The number of carbonyl (C=O) groups is 1. The minimum atomic E-state index is 0.0413. The van der Waals surface area contributed by atoms with Gasteiger partial charge in [0.1, 0.15) is 16.9 Å². The van der Waals surface area contributed by atoms with Crippen molar-refractivity contribution in [1.82, 2.24) is 24.0 Å². The lowest BCUT2D eigenvalue weighted by atomic mass is 9.89. The molecule has 2 aliphatic carbocycles. The molecule has 2 saturated carbocycles. The summed E-state index contributed by atoms with van der Waals surface area (Å²) in [5.74, 6) is 2.26. The highest BCUT2D eigenvalue weighted by molar-refractivity contribution is 6.00. The molecule has 0 unspecified atom stereocenters. The normalized spacial score (nSPS) is 21.9. The third kappa shape index (κ3) is 3.81. The Morgan fingerprint density at radius 2 is 2.03 bits per heavy atom. The van der Waals surface area contributed by atoms with Gasteiger partial charge in [-0.15, -0.1) is 0 Å². The minimum Gasteiger partial charge on any atom is -0.494 e. The lowest BCUT2D eigenvalue weighted by Crippen LogP contribution is -2.54. The van der Waals surface area contributed by atoms with Crippen molar-refractivity contribution in [2.75, 3.05) is 20.3 Å². The number of aromatic nitrogens is 4. The molecule has 7 rings (SSSR count). The quantitative estimate of drug-likeness (QED) is 0.395. The number of rotatable bonds is 5. The van der Waals surface area contributed by atoms with Crippen molar-refractivity contribution in [1.29, 1.82) is 0 Å². The first-order chi connectivity index (χ1) is 18.1. The van der Waals surface area contributed by atoms with E-state index < -0.39 is 0 Å². The van der Waals surface area contributed by atoms with Crippen molar-refractivity contribution in [3.05, 3.63) is 42.1 Å². The predicted octanol–water partition coefficient (Wildman–Crippen LogP) is 4.79. The van der Waals surface area contributed by atoms with Crippen LogP contribution in [0.4, 0.5) is 0 Å². The maximum absolute atomic E-state index is 13.8. The molecule has 1 saturated heterocycles. The van der Waals surface area contributed by atoms with Gasteiger partial charge in [0, 0.05) is 37.3 Å². The number of hydrogen-bond acceptors (Lipinski definition) is 5. The fourth-order valence-electron chi connectivity index (χ4n) is 6.35. The lowest BCUT2D eigenvalue weighted by Gasteiger charge is -2.43. The van der Waals surface area contributed by atoms with E-state index in [1.54, 1.807) is 7.11 Å². The molecule has 1 aromatic carbocycles. The molecular formula is C29H33N5O3.